The third-order valence-electron chi connectivity index (χ3n) is 4.64. The van der Waals surface area contributed by atoms with Gasteiger partial charge in [-0.05, 0) is 56.2 Å². The first kappa shape index (κ1) is 17.8. The highest BCUT2D eigenvalue weighted by Crippen LogP contribution is 2.41. The normalized spacial score (nSPS) is 14.7. The van der Waals surface area contributed by atoms with Gasteiger partial charge in [0, 0.05) is 17.2 Å². The van der Waals surface area contributed by atoms with Crippen molar-refractivity contribution in [2.75, 3.05) is 7.11 Å². The van der Waals surface area contributed by atoms with Gasteiger partial charge in [-0.15, -0.1) is 10.2 Å². The number of nitrogens with zero attached hydrogens (tertiary/aromatic N) is 3. The number of methoxy groups -OCH3 is 1. The van der Waals surface area contributed by atoms with Gasteiger partial charge in [0.2, 0.25) is 0 Å². The number of hydrogen-bond acceptors (Lipinski definition) is 5. The van der Waals surface area contributed by atoms with Crippen molar-refractivity contribution in [2.24, 2.45) is 0 Å². The third-order valence-corrected chi connectivity index (χ3v) is 5.68. The van der Waals surface area contributed by atoms with Crippen molar-refractivity contribution in [3.05, 3.63) is 66.0 Å². The van der Waals surface area contributed by atoms with Crippen LogP contribution in [0, 0.1) is 0 Å². The molecule has 0 aliphatic heterocycles. The Balaban J connectivity index is 1.59. The standard InChI is InChI=1S/C21H21N3O2S/c1-14(19(25)15-10-12-18(26-2)13-11-15)27-21-23-22-20(16-8-9-16)24(21)17-6-4-3-5-7-17/h3-7,10-14,16H,8-9H2,1-2H3/t14-/m0/s1. The summed E-state index contributed by atoms with van der Waals surface area (Å²) in [6.45, 7) is 1.91. The predicted octanol–water partition coefficient (Wildman–Crippen LogP) is 4.52. The van der Waals surface area contributed by atoms with Crippen LogP contribution < -0.4 is 4.74 Å². The minimum absolute atomic E-state index is 0.0678. The highest BCUT2D eigenvalue weighted by molar-refractivity contribution is 8.00. The average Bonchev–Trinajstić information content (AvgIpc) is 3.48. The number of hydrogen-bond donors (Lipinski definition) is 0. The monoisotopic (exact) mass is 379 g/mol. The van der Waals surface area contributed by atoms with Crippen molar-refractivity contribution in [3.63, 3.8) is 0 Å². The van der Waals surface area contributed by atoms with E-state index in [0.717, 1.165) is 35.3 Å². The van der Waals surface area contributed by atoms with Gasteiger partial charge in [0.15, 0.2) is 10.9 Å². The molecule has 1 saturated carbocycles. The summed E-state index contributed by atoms with van der Waals surface area (Å²) in [4.78, 5) is 12.8. The highest BCUT2D eigenvalue weighted by atomic mass is 32.2. The number of benzene rings is 2. The maximum atomic E-state index is 12.8. The number of carbonyl (C=O) groups is 1. The van der Waals surface area contributed by atoms with E-state index < -0.39 is 0 Å². The number of para-hydroxylation sites is 1. The summed E-state index contributed by atoms with van der Waals surface area (Å²) in [5.74, 6) is 2.27. The highest BCUT2D eigenvalue weighted by Gasteiger charge is 2.32. The van der Waals surface area contributed by atoms with Crippen LogP contribution in [-0.2, 0) is 0 Å². The summed E-state index contributed by atoms with van der Waals surface area (Å²) in [5.41, 5.74) is 1.71. The summed E-state index contributed by atoms with van der Waals surface area (Å²) in [7, 11) is 1.61. The molecule has 1 aromatic heterocycles. The fourth-order valence-electron chi connectivity index (χ4n) is 2.98. The molecule has 6 heteroatoms. The third kappa shape index (κ3) is 3.76. The van der Waals surface area contributed by atoms with Crippen LogP contribution in [0.5, 0.6) is 5.75 Å². The molecule has 0 amide bonds. The van der Waals surface area contributed by atoms with E-state index >= 15 is 0 Å². The molecule has 3 aromatic rings. The van der Waals surface area contributed by atoms with Crippen molar-refractivity contribution in [1.82, 2.24) is 14.8 Å². The molecule has 0 unspecified atom stereocenters. The van der Waals surface area contributed by atoms with Crippen LogP contribution >= 0.6 is 11.8 Å². The van der Waals surface area contributed by atoms with E-state index in [9.17, 15) is 4.79 Å². The lowest BCUT2D eigenvalue weighted by atomic mass is 10.1. The molecular weight excluding hydrogens is 358 g/mol. The number of ether oxygens (including phenoxy) is 1. The van der Waals surface area contributed by atoms with Crippen LogP contribution in [-0.4, -0.2) is 32.9 Å². The van der Waals surface area contributed by atoms with Crippen molar-refractivity contribution in [3.8, 4) is 11.4 Å². The second kappa shape index (κ2) is 7.56. The first-order chi connectivity index (χ1) is 13.2. The Bertz CT molecular complexity index is 934. The fraction of sp³-hybridized carbons (Fsp3) is 0.286. The number of rotatable bonds is 7. The molecule has 0 bridgehead atoms. The molecule has 4 rings (SSSR count). The summed E-state index contributed by atoms with van der Waals surface area (Å²) in [6, 6.07) is 17.3. The van der Waals surface area contributed by atoms with Gasteiger partial charge in [-0.1, -0.05) is 30.0 Å². The van der Waals surface area contributed by atoms with E-state index in [-0.39, 0.29) is 11.0 Å². The molecule has 1 atom stereocenters. The molecule has 0 N–H and O–H groups in total. The molecule has 1 aliphatic rings. The number of carbonyl (C=O) groups excluding carboxylic acids is 1. The Morgan fingerprint density at radius 2 is 1.81 bits per heavy atom. The smallest absolute Gasteiger partial charge is 0.196 e. The van der Waals surface area contributed by atoms with E-state index in [4.69, 9.17) is 4.74 Å². The van der Waals surface area contributed by atoms with Crippen LogP contribution in [0.2, 0.25) is 0 Å². The Hall–Kier alpha value is -2.60. The largest absolute Gasteiger partial charge is 0.497 e. The Morgan fingerprint density at radius 1 is 1.11 bits per heavy atom. The summed E-state index contributed by atoms with van der Waals surface area (Å²) in [5, 5.41) is 9.32. The van der Waals surface area contributed by atoms with Crippen LogP contribution in [0.15, 0.2) is 59.8 Å². The van der Waals surface area contributed by atoms with E-state index in [2.05, 4.69) is 26.9 Å². The first-order valence-electron chi connectivity index (χ1n) is 9.03. The number of ketones is 1. The summed E-state index contributed by atoms with van der Waals surface area (Å²) in [6.07, 6.45) is 2.30. The van der Waals surface area contributed by atoms with Gasteiger partial charge in [-0.3, -0.25) is 9.36 Å². The second-order valence-corrected chi connectivity index (χ2v) is 7.95. The fourth-order valence-corrected chi connectivity index (χ4v) is 3.94. The van der Waals surface area contributed by atoms with Crippen molar-refractivity contribution < 1.29 is 9.53 Å². The van der Waals surface area contributed by atoms with Gasteiger partial charge in [-0.2, -0.15) is 0 Å². The van der Waals surface area contributed by atoms with Gasteiger partial charge in [0.05, 0.1) is 12.4 Å². The number of Topliss-reactive ketones (excluding diaryl/α,β-unsaturated/α-hetero) is 1. The quantitative estimate of drug-likeness (QED) is 0.446. The van der Waals surface area contributed by atoms with Gasteiger partial charge in [0.25, 0.3) is 0 Å². The minimum Gasteiger partial charge on any atom is -0.497 e. The topological polar surface area (TPSA) is 57.0 Å². The average molecular weight is 379 g/mol. The van der Waals surface area contributed by atoms with Crippen molar-refractivity contribution in [2.45, 2.75) is 36.1 Å². The van der Waals surface area contributed by atoms with Crippen LogP contribution in [0.1, 0.15) is 41.9 Å². The van der Waals surface area contributed by atoms with E-state index in [1.807, 2.05) is 37.3 Å². The predicted molar refractivity (Wildman–Crippen MR) is 106 cm³/mol. The SMILES string of the molecule is COc1ccc(C(=O)[C@H](C)Sc2nnc(C3CC3)n2-c2ccccc2)cc1. The Kier molecular flexibility index (Phi) is 4.99. The zero-order chi connectivity index (χ0) is 18.8. The lowest BCUT2D eigenvalue weighted by Crippen LogP contribution is -2.14. The van der Waals surface area contributed by atoms with E-state index in [1.54, 1.807) is 19.2 Å². The second-order valence-electron chi connectivity index (χ2n) is 6.64. The number of thioether (sulfide) groups is 1. The van der Waals surface area contributed by atoms with Crippen LogP contribution in [0.4, 0.5) is 0 Å². The van der Waals surface area contributed by atoms with Gasteiger partial charge < -0.3 is 4.74 Å². The minimum atomic E-state index is -0.267. The first-order valence-corrected chi connectivity index (χ1v) is 9.91. The zero-order valence-electron chi connectivity index (χ0n) is 15.3. The molecule has 5 nitrogen and oxygen atoms in total. The van der Waals surface area contributed by atoms with Crippen LogP contribution in [0.25, 0.3) is 5.69 Å². The summed E-state index contributed by atoms with van der Waals surface area (Å²) < 4.78 is 7.26. The van der Waals surface area contributed by atoms with Crippen molar-refractivity contribution in [1.29, 1.82) is 0 Å². The Labute approximate surface area is 162 Å². The molecule has 138 valence electrons. The molecule has 1 aliphatic carbocycles. The lowest BCUT2D eigenvalue weighted by Gasteiger charge is -2.13. The lowest BCUT2D eigenvalue weighted by molar-refractivity contribution is 0.0994. The molecular formula is C21H21N3O2S. The van der Waals surface area contributed by atoms with E-state index in [0.29, 0.717) is 11.5 Å². The summed E-state index contributed by atoms with van der Waals surface area (Å²) >= 11 is 1.45. The molecule has 0 radical (unpaired) electrons. The Morgan fingerprint density at radius 3 is 2.44 bits per heavy atom. The van der Waals surface area contributed by atoms with Crippen LogP contribution in [0.3, 0.4) is 0 Å². The zero-order valence-corrected chi connectivity index (χ0v) is 16.1. The molecule has 2 aromatic carbocycles. The van der Waals surface area contributed by atoms with Crippen molar-refractivity contribution >= 4 is 17.5 Å². The van der Waals surface area contributed by atoms with Gasteiger partial charge in [0.1, 0.15) is 11.6 Å². The van der Waals surface area contributed by atoms with E-state index in [1.165, 1.54) is 11.8 Å². The molecule has 27 heavy (non-hydrogen) atoms. The maximum absolute atomic E-state index is 12.8. The maximum Gasteiger partial charge on any atom is 0.196 e. The van der Waals surface area contributed by atoms with Gasteiger partial charge in [-0.25, -0.2) is 0 Å². The number of aromatic nitrogens is 3. The molecule has 1 heterocycles. The molecule has 1 fully saturated rings. The van der Waals surface area contributed by atoms with Gasteiger partial charge >= 0.3 is 0 Å². The molecule has 0 spiro atoms. The molecule has 0 saturated heterocycles.